The Morgan fingerprint density at radius 2 is 2.10 bits per heavy atom. The molecule has 1 fully saturated rings. The highest BCUT2D eigenvalue weighted by molar-refractivity contribution is 5.76. The molecule has 0 aromatic rings. The highest BCUT2D eigenvalue weighted by atomic mass is 19.4. The van der Waals surface area contributed by atoms with Crippen LogP contribution in [0.3, 0.4) is 0 Å². The van der Waals surface area contributed by atoms with Crippen molar-refractivity contribution in [3.63, 3.8) is 0 Å². The monoisotopic (exact) mass is 315 g/mol. The normalized spacial score (nSPS) is 25.2. The lowest BCUT2D eigenvalue weighted by molar-refractivity contribution is -0.227. The maximum Gasteiger partial charge on any atom is 0.406 e. The van der Waals surface area contributed by atoms with Gasteiger partial charge < -0.3 is 19.7 Å². The zero-order chi connectivity index (χ0) is 16.1. The first kappa shape index (κ1) is 18.1. The molecular formula is C12H20F3NO5. The van der Waals surface area contributed by atoms with Crippen molar-refractivity contribution >= 4 is 5.97 Å². The molecule has 2 atom stereocenters. The summed E-state index contributed by atoms with van der Waals surface area (Å²) in [5.41, 5.74) is -2.75. The van der Waals surface area contributed by atoms with Crippen molar-refractivity contribution < 1.29 is 37.7 Å². The van der Waals surface area contributed by atoms with Crippen LogP contribution in [0.2, 0.25) is 0 Å². The number of carboxylic acids is 1. The van der Waals surface area contributed by atoms with Crippen molar-refractivity contribution in [1.82, 2.24) is 4.90 Å². The Morgan fingerprint density at radius 3 is 2.57 bits per heavy atom. The fourth-order valence-electron chi connectivity index (χ4n) is 2.28. The molecule has 1 saturated heterocycles. The Kier molecular flexibility index (Phi) is 6.39. The highest BCUT2D eigenvalue weighted by Crippen LogP contribution is 2.45. The summed E-state index contributed by atoms with van der Waals surface area (Å²) in [5, 5.41) is 18.6. The fraction of sp³-hybridized carbons (Fsp3) is 0.917. The van der Waals surface area contributed by atoms with E-state index in [0.717, 1.165) is 0 Å². The van der Waals surface area contributed by atoms with Gasteiger partial charge in [-0.25, -0.2) is 0 Å². The Bertz CT molecular complexity index is 352. The van der Waals surface area contributed by atoms with Crippen molar-refractivity contribution in [3.05, 3.63) is 0 Å². The van der Waals surface area contributed by atoms with Gasteiger partial charge in [-0.2, -0.15) is 13.2 Å². The van der Waals surface area contributed by atoms with Crippen LogP contribution < -0.4 is 0 Å². The molecule has 1 rings (SSSR count). The number of hydrogen-bond donors (Lipinski definition) is 2. The third-order valence-electron chi connectivity index (χ3n) is 3.51. The second-order valence-corrected chi connectivity index (χ2v) is 5.09. The van der Waals surface area contributed by atoms with Crippen LogP contribution in [-0.2, 0) is 14.3 Å². The quantitative estimate of drug-likeness (QED) is 0.629. The number of β-amino-alcohol motifs (C(OH)–C–C–N with tert-alkyl or cyclic N) is 1. The smallest absolute Gasteiger partial charge is 0.406 e. The summed E-state index contributed by atoms with van der Waals surface area (Å²) in [5.74, 6) is -1.87. The number of methoxy groups -OCH3 is 1. The van der Waals surface area contributed by atoms with Crippen LogP contribution in [-0.4, -0.2) is 79.9 Å². The van der Waals surface area contributed by atoms with Crippen LogP contribution in [0.5, 0.6) is 0 Å². The van der Waals surface area contributed by atoms with E-state index in [-0.39, 0.29) is 26.3 Å². The molecule has 0 amide bonds. The molecule has 0 aromatic carbocycles. The number of aliphatic hydroxyl groups is 1. The second-order valence-electron chi connectivity index (χ2n) is 5.09. The predicted octanol–water partition coefficient (Wildman–Crippen LogP) is 0.349. The SMILES string of the molecule is COCCOCC(O)CN1CCC(C(=O)O)(C(F)(F)F)C1. The minimum Gasteiger partial charge on any atom is -0.481 e. The van der Waals surface area contributed by atoms with Gasteiger partial charge in [-0.1, -0.05) is 0 Å². The molecule has 9 heteroatoms. The van der Waals surface area contributed by atoms with Crippen LogP contribution >= 0.6 is 0 Å². The predicted molar refractivity (Wildman–Crippen MR) is 65.9 cm³/mol. The molecule has 2 N–H and O–H groups in total. The Morgan fingerprint density at radius 1 is 1.43 bits per heavy atom. The van der Waals surface area contributed by atoms with E-state index < -0.39 is 36.6 Å². The number of hydrogen-bond acceptors (Lipinski definition) is 5. The summed E-state index contributed by atoms with van der Waals surface area (Å²) < 4.78 is 48.7. The van der Waals surface area contributed by atoms with Crippen molar-refractivity contribution in [2.45, 2.75) is 18.7 Å². The summed E-state index contributed by atoms with van der Waals surface area (Å²) in [6.45, 7) is -0.145. The largest absolute Gasteiger partial charge is 0.481 e. The third kappa shape index (κ3) is 4.53. The molecule has 124 valence electrons. The number of halogens is 3. The number of aliphatic hydroxyl groups excluding tert-OH is 1. The van der Waals surface area contributed by atoms with Crippen molar-refractivity contribution in [3.8, 4) is 0 Å². The lowest BCUT2D eigenvalue weighted by Gasteiger charge is -2.28. The molecule has 21 heavy (non-hydrogen) atoms. The zero-order valence-corrected chi connectivity index (χ0v) is 11.7. The first-order valence-corrected chi connectivity index (χ1v) is 6.50. The first-order chi connectivity index (χ1) is 9.73. The molecule has 0 radical (unpaired) electrons. The number of rotatable bonds is 8. The van der Waals surface area contributed by atoms with Crippen molar-refractivity contribution in [1.29, 1.82) is 0 Å². The Labute approximate surface area is 120 Å². The summed E-state index contributed by atoms with van der Waals surface area (Å²) in [7, 11) is 1.49. The Balaban J connectivity index is 2.48. The van der Waals surface area contributed by atoms with E-state index in [1.54, 1.807) is 0 Å². The molecule has 2 unspecified atom stereocenters. The summed E-state index contributed by atoms with van der Waals surface area (Å²) in [4.78, 5) is 12.3. The topological polar surface area (TPSA) is 79.2 Å². The van der Waals surface area contributed by atoms with E-state index in [9.17, 15) is 23.1 Å². The molecule has 0 spiro atoms. The average Bonchev–Trinajstić information content (AvgIpc) is 2.79. The van der Waals surface area contributed by atoms with Gasteiger partial charge in [0.2, 0.25) is 0 Å². The Hall–Kier alpha value is -0.900. The van der Waals surface area contributed by atoms with E-state index in [2.05, 4.69) is 0 Å². The van der Waals surface area contributed by atoms with Crippen LogP contribution in [0.4, 0.5) is 13.2 Å². The lowest BCUT2D eigenvalue weighted by atomic mass is 9.86. The van der Waals surface area contributed by atoms with Gasteiger partial charge in [-0.05, 0) is 13.0 Å². The minimum atomic E-state index is -4.81. The third-order valence-corrected chi connectivity index (χ3v) is 3.51. The van der Waals surface area contributed by atoms with Crippen molar-refractivity contribution in [2.24, 2.45) is 5.41 Å². The number of ether oxygens (including phenoxy) is 2. The molecular weight excluding hydrogens is 295 g/mol. The summed E-state index contributed by atoms with van der Waals surface area (Å²) in [6.07, 6.45) is -6.30. The molecule has 6 nitrogen and oxygen atoms in total. The van der Waals surface area contributed by atoms with Gasteiger partial charge in [0.1, 0.15) is 0 Å². The van der Waals surface area contributed by atoms with Gasteiger partial charge in [-0.3, -0.25) is 9.69 Å². The molecule has 0 aliphatic carbocycles. The molecule has 0 saturated carbocycles. The van der Waals surface area contributed by atoms with Gasteiger partial charge in [-0.15, -0.1) is 0 Å². The van der Waals surface area contributed by atoms with E-state index in [0.29, 0.717) is 6.61 Å². The zero-order valence-electron chi connectivity index (χ0n) is 11.7. The summed E-state index contributed by atoms with van der Waals surface area (Å²) in [6, 6.07) is 0. The van der Waals surface area contributed by atoms with Gasteiger partial charge in [0, 0.05) is 20.2 Å². The van der Waals surface area contributed by atoms with Gasteiger partial charge in [0.05, 0.1) is 25.9 Å². The van der Waals surface area contributed by atoms with Crippen LogP contribution in [0.15, 0.2) is 0 Å². The first-order valence-electron chi connectivity index (χ1n) is 6.50. The minimum absolute atomic E-state index is 0.0268. The molecule has 1 aliphatic heterocycles. The lowest BCUT2D eigenvalue weighted by Crippen LogP contribution is -2.47. The molecule has 1 heterocycles. The van der Waals surface area contributed by atoms with Gasteiger partial charge in [0.15, 0.2) is 5.41 Å². The number of alkyl halides is 3. The molecule has 1 aliphatic rings. The number of nitrogens with zero attached hydrogens (tertiary/aromatic N) is 1. The van der Waals surface area contributed by atoms with E-state index in [1.807, 2.05) is 0 Å². The second kappa shape index (κ2) is 7.39. The number of aliphatic carboxylic acids is 1. The van der Waals surface area contributed by atoms with E-state index >= 15 is 0 Å². The van der Waals surface area contributed by atoms with Crippen LogP contribution in [0, 0.1) is 5.41 Å². The molecule has 0 aromatic heterocycles. The number of carbonyl (C=O) groups is 1. The summed E-state index contributed by atoms with van der Waals surface area (Å²) >= 11 is 0. The maximum absolute atomic E-state index is 13.0. The average molecular weight is 315 g/mol. The fourth-order valence-corrected chi connectivity index (χ4v) is 2.28. The van der Waals surface area contributed by atoms with Gasteiger partial charge >= 0.3 is 12.1 Å². The number of carboxylic acid groups (broad SMARTS) is 1. The van der Waals surface area contributed by atoms with E-state index in [1.165, 1.54) is 12.0 Å². The highest BCUT2D eigenvalue weighted by Gasteiger charge is 2.63. The number of likely N-dealkylation sites (tertiary alicyclic amines) is 1. The standard InChI is InChI=1S/C12H20F3NO5/c1-20-4-5-21-7-9(17)6-16-3-2-11(8-16,10(18)19)12(13,14)15/h9,17H,2-8H2,1H3,(H,18,19). The maximum atomic E-state index is 13.0. The van der Waals surface area contributed by atoms with E-state index in [4.69, 9.17) is 14.6 Å². The van der Waals surface area contributed by atoms with Crippen molar-refractivity contribution in [2.75, 3.05) is 46.6 Å². The molecule has 0 bridgehead atoms. The van der Waals surface area contributed by atoms with Crippen LogP contribution in [0.1, 0.15) is 6.42 Å². The van der Waals surface area contributed by atoms with Crippen LogP contribution in [0.25, 0.3) is 0 Å². The van der Waals surface area contributed by atoms with Gasteiger partial charge in [0.25, 0.3) is 0 Å².